The molecule has 4 N–H and O–H groups in total. The van der Waals surface area contributed by atoms with E-state index in [4.69, 9.17) is 15.5 Å². The zero-order valence-electron chi connectivity index (χ0n) is 17.8. The van der Waals surface area contributed by atoms with Crippen molar-refractivity contribution >= 4 is 28.1 Å². The number of ether oxygens (including phenoxy) is 1. The summed E-state index contributed by atoms with van der Waals surface area (Å²) in [7, 11) is 0. The molecule has 4 aromatic rings. The second kappa shape index (κ2) is 8.39. The Morgan fingerprint density at radius 3 is 2.72 bits per heavy atom. The molecule has 0 atom stereocenters. The van der Waals surface area contributed by atoms with Crippen LogP contribution < -0.4 is 16.6 Å². The van der Waals surface area contributed by atoms with E-state index in [2.05, 4.69) is 20.3 Å². The van der Waals surface area contributed by atoms with Gasteiger partial charge in [0.1, 0.15) is 11.6 Å². The molecule has 0 aromatic carbocycles. The van der Waals surface area contributed by atoms with Crippen LogP contribution in [0, 0.1) is 6.92 Å². The van der Waals surface area contributed by atoms with Crippen LogP contribution in [0.15, 0.2) is 53.7 Å². The number of hydrogen-bond acceptors (Lipinski definition) is 7. The standard InChI is InChI=1S/C24H24N6O2/c1-14-10-17(12-28-22(14)25)20-11-16-4-7-26-24(31)21(16)23(30-20)29-18-2-3-19(27-13-18)15-5-8-32-9-6-15/h2-4,7,10-13,15H,5-6,8-9H2,1H3,(H2,25,28)(H,26,31)(H,29,30). The van der Waals surface area contributed by atoms with E-state index >= 15 is 0 Å². The number of nitrogens with zero attached hydrogens (tertiary/aromatic N) is 3. The topological polar surface area (TPSA) is 119 Å². The van der Waals surface area contributed by atoms with Gasteiger partial charge < -0.3 is 20.8 Å². The third-order valence-electron chi connectivity index (χ3n) is 5.86. The number of rotatable bonds is 4. The highest BCUT2D eigenvalue weighted by Gasteiger charge is 2.17. The fourth-order valence-electron chi connectivity index (χ4n) is 4.03. The van der Waals surface area contributed by atoms with Crippen molar-refractivity contribution in [3.63, 3.8) is 0 Å². The van der Waals surface area contributed by atoms with Crippen molar-refractivity contribution in [1.82, 2.24) is 19.9 Å². The minimum Gasteiger partial charge on any atom is -0.383 e. The SMILES string of the molecule is Cc1cc(-c2cc3cc[nH]c(=O)c3c(Nc3ccc(C4CCOCC4)nc3)n2)cnc1N. The summed E-state index contributed by atoms with van der Waals surface area (Å²) in [6.45, 7) is 3.46. The van der Waals surface area contributed by atoms with Gasteiger partial charge in [-0.2, -0.15) is 0 Å². The molecule has 1 aliphatic heterocycles. The number of nitrogens with one attached hydrogen (secondary N) is 2. The lowest BCUT2D eigenvalue weighted by Crippen LogP contribution is -2.15. The number of fused-ring (bicyclic) bond motifs is 1. The first-order valence-corrected chi connectivity index (χ1v) is 10.6. The van der Waals surface area contributed by atoms with Gasteiger partial charge in [0, 0.05) is 42.8 Å². The molecule has 0 spiro atoms. The summed E-state index contributed by atoms with van der Waals surface area (Å²) in [5.74, 6) is 1.37. The summed E-state index contributed by atoms with van der Waals surface area (Å²) in [6.07, 6.45) is 7.08. The molecule has 0 bridgehead atoms. The largest absolute Gasteiger partial charge is 0.383 e. The average Bonchev–Trinajstić information content (AvgIpc) is 2.82. The van der Waals surface area contributed by atoms with Gasteiger partial charge in [-0.05, 0) is 61.0 Å². The van der Waals surface area contributed by atoms with Crippen LogP contribution in [0.1, 0.15) is 30.0 Å². The Morgan fingerprint density at radius 1 is 1.12 bits per heavy atom. The van der Waals surface area contributed by atoms with E-state index in [0.717, 1.165) is 53.9 Å². The molecule has 162 valence electrons. The third kappa shape index (κ3) is 3.92. The lowest BCUT2D eigenvalue weighted by atomic mass is 9.96. The van der Waals surface area contributed by atoms with E-state index in [1.54, 1.807) is 18.6 Å². The predicted octanol–water partition coefficient (Wildman–Crippen LogP) is 3.91. The minimum atomic E-state index is -0.206. The van der Waals surface area contributed by atoms with E-state index in [9.17, 15) is 4.79 Å². The summed E-state index contributed by atoms with van der Waals surface area (Å²) >= 11 is 0. The van der Waals surface area contributed by atoms with Crippen molar-refractivity contribution in [2.75, 3.05) is 24.3 Å². The monoisotopic (exact) mass is 428 g/mol. The Bertz CT molecular complexity index is 1330. The molecule has 32 heavy (non-hydrogen) atoms. The molecule has 1 aliphatic rings. The zero-order valence-corrected chi connectivity index (χ0v) is 17.8. The molecule has 0 radical (unpaired) electrons. The van der Waals surface area contributed by atoms with Crippen molar-refractivity contribution in [2.45, 2.75) is 25.7 Å². The number of nitrogen functional groups attached to an aromatic ring is 1. The van der Waals surface area contributed by atoms with Gasteiger partial charge in [-0.3, -0.25) is 9.78 Å². The van der Waals surface area contributed by atoms with Crippen molar-refractivity contribution in [3.8, 4) is 11.3 Å². The quantitative estimate of drug-likeness (QED) is 0.451. The summed E-state index contributed by atoms with van der Waals surface area (Å²) in [6, 6.07) is 9.69. The number of aromatic amines is 1. The zero-order chi connectivity index (χ0) is 22.1. The van der Waals surface area contributed by atoms with Gasteiger partial charge in [-0.25, -0.2) is 9.97 Å². The summed E-state index contributed by atoms with van der Waals surface area (Å²) < 4.78 is 5.45. The minimum absolute atomic E-state index is 0.206. The maximum Gasteiger partial charge on any atom is 0.259 e. The molecule has 0 amide bonds. The number of nitrogens with two attached hydrogens (primary N) is 1. The van der Waals surface area contributed by atoms with Crippen LogP contribution in [0.4, 0.5) is 17.3 Å². The lowest BCUT2D eigenvalue weighted by Gasteiger charge is -2.21. The highest BCUT2D eigenvalue weighted by molar-refractivity contribution is 5.95. The number of H-pyrrole nitrogens is 1. The van der Waals surface area contributed by atoms with Crippen LogP contribution in [0.3, 0.4) is 0 Å². The van der Waals surface area contributed by atoms with Gasteiger partial charge >= 0.3 is 0 Å². The van der Waals surface area contributed by atoms with Crippen molar-refractivity contribution < 1.29 is 4.74 Å². The van der Waals surface area contributed by atoms with E-state index in [-0.39, 0.29) is 5.56 Å². The average molecular weight is 428 g/mol. The molecule has 1 fully saturated rings. The molecule has 0 unspecified atom stereocenters. The number of aryl methyl sites for hydroxylation is 1. The fraction of sp³-hybridized carbons (Fsp3) is 0.250. The van der Waals surface area contributed by atoms with Crippen LogP contribution in [-0.2, 0) is 4.74 Å². The highest BCUT2D eigenvalue weighted by atomic mass is 16.5. The Kier molecular flexibility index (Phi) is 5.28. The second-order valence-electron chi connectivity index (χ2n) is 8.04. The number of anilines is 3. The fourth-order valence-corrected chi connectivity index (χ4v) is 4.03. The maximum atomic E-state index is 12.6. The van der Waals surface area contributed by atoms with Gasteiger partial charge in [0.05, 0.1) is 23.0 Å². The Morgan fingerprint density at radius 2 is 1.97 bits per heavy atom. The molecule has 5 rings (SSSR count). The second-order valence-corrected chi connectivity index (χ2v) is 8.04. The maximum absolute atomic E-state index is 12.6. The first-order valence-electron chi connectivity index (χ1n) is 10.6. The number of aromatic nitrogens is 4. The Labute approximate surface area is 184 Å². The summed E-state index contributed by atoms with van der Waals surface area (Å²) in [5, 5.41) is 4.56. The molecule has 8 nitrogen and oxygen atoms in total. The predicted molar refractivity (Wildman–Crippen MR) is 125 cm³/mol. The van der Waals surface area contributed by atoms with Gasteiger partial charge in [-0.15, -0.1) is 0 Å². The van der Waals surface area contributed by atoms with Gasteiger partial charge in [0.25, 0.3) is 5.56 Å². The Balaban J connectivity index is 1.53. The summed E-state index contributed by atoms with van der Waals surface area (Å²) in [4.78, 5) is 29.0. The van der Waals surface area contributed by atoms with Gasteiger partial charge in [0.2, 0.25) is 0 Å². The van der Waals surface area contributed by atoms with Gasteiger partial charge in [0.15, 0.2) is 0 Å². The van der Waals surface area contributed by atoms with Crippen LogP contribution in [0.25, 0.3) is 22.0 Å². The molecular formula is C24H24N6O2. The van der Waals surface area contributed by atoms with Gasteiger partial charge in [-0.1, -0.05) is 0 Å². The normalized spacial score (nSPS) is 14.5. The Hall–Kier alpha value is -3.78. The van der Waals surface area contributed by atoms with E-state index in [1.165, 1.54) is 0 Å². The number of pyridine rings is 4. The van der Waals surface area contributed by atoms with E-state index in [0.29, 0.717) is 28.6 Å². The molecule has 0 saturated carbocycles. The van der Waals surface area contributed by atoms with Crippen LogP contribution in [0.5, 0.6) is 0 Å². The molecule has 5 heterocycles. The van der Waals surface area contributed by atoms with Crippen molar-refractivity contribution in [1.29, 1.82) is 0 Å². The first kappa shape index (κ1) is 20.1. The van der Waals surface area contributed by atoms with Crippen LogP contribution in [-0.4, -0.2) is 33.1 Å². The van der Waals surface area contributed by atoms with E-state index in [1.807, 2.05) is 37.3 Å². The van der Waals surface area contributed by atoms with Crippen molar-refractivity contribution in [2.24, 2.45) is 0 Å². The first-order chi connectivity index (χ1) is 15.6. The smallest absolute Gasteiger partial charge is 0.259 e. The molecular weight excluding hydrogens is 404 g/mol. The molecule has 4 aromatic heterocycles. The van der Waals surface area contributed by atoms with E-state index < -0.39 is 0 Å². The van der Waals surface area contributed by atoms with Crippen LogP contribution in [0.2, 0.25) is 0 Å². The van der Waals surface area contributed by atoms with Crippen molar-refractivity contribution in [3.05, 3.63) is 70.5 Å². The molecule has 0 aliphatic carbocycles. The number of hydrogen-bond donors (Lipinski definition) is 3. The highest BCUT2D eigenvalue weighted by Crippen LogP contribution is 2.30. The summed E-state index contributed by atoms with van der Waals surface area (Å²) in [5.41, 5.74) is 9.90. The molecule has 1 saturated heterocycles. The lowest BCUT2D eigenvalue weighted by molar-refractivity contribution is 0.0845. The third-order valence-corrected chi connectivity index (χ3v) is 5.86. The molecule has 8 heteroatoms. The van der Waals surface area contributed by atoms with Crippen LogP contribution >= 0.6 is 0 Å².